The van der Waals surface area contributed by atoms with Crippen molar-refractivity contribution >= 4 is 6.29 Å². The molecule has 0 bridgehead atoms. The number of nitrogens with zero attached hydrogens (tertiary/aromatic N) is 2. The van der Waals surface area contributed by atoms with E-state index in [1.807, 2.05) is 0 Å². The zero-order valence-electron chi connectivity index (χ0n) is 6.27. The first-order chi connectivity index (χ1) is 5.35. The van der Waals surface area contributed by atoms with Crippen molar-refractivity contribution in [3.63, 3.8) is 0 Å². The molecule has 0 saturated heterocycles. The van der Waals surface area contributed by atoms with E-state index in [1.165, 1.54) is 0 Å². The Morgan fingerprint density at radius 1 is 1.45 bits per heavy atom. The summed E-state index contributed by atoms with van der Waals surface area (Å²) in [7, 11) is 0. The van der Waals surface area contributed by atoms with Crippen LogP contribution in [-0.2, 0) is 4.79 Å². The van der Waals surface area contributed by atoms with Crippen molar-refractivity contribution in [1.82, 2.24) is 4.90 Å². The molecule has 0 saturated carbocycles. The number of carbonyl (C=O) groups excluding carboxylic acids is 1. The summed E-state index contributed by atoms with van der Waals surface area (Å²) >= 11 is 0. The second-order valence-corrected chi connectivity index (χ2v) is 2.04. The molecule has 0 atom stereocenters. The average Bonchev–Trinajstić information content (AvgIpc) is 2.01. The number of aldehydes is 1. The van der Waals surface area contributed by atoms with Crippen LogP contribution in [0.3, 0.4) is 0 Å². The van der Waals surface area contributed by atoms with Gasteiger partial charge in [0.25, 0.3) is 0 Å². The Labute approximate surface area is 65.0 Å². The maximum Gasteiger partial charge on any atom is 0.133 e. The van der Waals surface area contributed by atoms with Crippen LogP contribution in [-0.4, -0.2) is 49.1 Å². The maximum atomic E-state index is 10.0. The molecule has 0 aliphatic carbocycles. The monoisotopic (exact) mass is 160 g/mol. The molecule has 5 nitrogen and oxygen atoms in total. The van der Waals surface area contributed by atoms with Gasteiger partial charge in [-0.1, -0.05) is 5.18 Å². The normalized spacial score (nSPS) is 10.0. The molecule has 0 fully saturated rings. The fraction of sp³-hybridized carbons (Fsp3) is 0.833. The number of carbonyl (C=O) groups is 1. The molecule has 0 aromatic heterocycles. The lowest BCUT2D eigenvalue weighted by molar-refractivity contribution is -0.108. The van der Waals surface area contributed by atoms with Gasteiger partial charge >= 0.3 is 0 Å². The SMILES string of the molecule is O=CCN(CCO)CCN=O. The Morgan fingerprint density at radius 2 is 2.18 bits per heavy atom. The number of aliphatic hydroxyl groups excluding tert-OH is 1. The first-order valence-electron chi connectivity index (χ1n) is 3.41. The van der Waals surface area contributed by atoms with Gasteiger partial charge in [0.1, 0.15) is 6.29 Å². The van der Waals surface area contributed by atoms with E-state index in [9.17, 15) is 9.70 Å². The number of rotatable bonds is 7. The molecule has 0 amide bonds. The van der Waals surface area contributed by atoms with Gasteiger partial charge in [0.15, 0.2) is 0 Å². The van der Waals surface area contributed by atoms with E-state index >= 15 is 0 Å². The van der Waals surface area contributed by atoms with E-state index in [0.29, 0.717) is 13.1 Å². The van der Waals surface area contributed by atoms with Crippen LogP contribution in [0, 0.1) is 4.91 Å². The summed E-state index contributed by atoms with van der Waals surface area (Å²) in [6.07, 6.45) is 0.737. The van der Waals surface area contributed by atoms with Crippen LogP contribution in [0.15, 0.2) is 5.18 Å². The van der Waals surface area contributed by atoms with Gasteiger partial charge in [-0.05, 0) is 0 Å². The van der Waals surface area contributed by atoms with E-state index in [4.69, 9.17) is 5.11 Å². The second-order valence-electron chi connectivity index (χ2n) is 2.04. The molecular weight excluding hydrogens is 148 g/mol. The minimum atomic E-state index is -0.00724. The maximum absolute atomic E-state index is 10.0. The second kappa shape index (κ2) is 7.30. The topological polar surface area (TPSA) is 70.0 Å². The average molecular weight is 160 g/mol. The molecule has 0 heterocycles. The van der Waals surface area contributed by atoms with E-state index < -0.39 is 0 Å². The van der Waals surface area contributed by atoms with Gasteiger partial charge in [-0.15, -0.1) is 0 Å². The van der Waals surface area contributed by atoms with Gasteiger partial charge in [-0.3, -0.25) is 4.90 Å². The van der Waals surface area contributed by atoms with Gasteiger partial charge in [-0.2, -0.15) is 4.91 Å². The lowest BCUT2D eigenvalue weighted by atomic mass is 10.4. The van der Waals surface area contributed by atoms with Crippen molar-refractivity contribution < 1.29 is 9.90 Å². The van der Waals surface area contributed by atoms with Crippen molar-refractivity contribution in [2.24, 2.45) is 5.18 Å². The van der Waals surface area contributed by atoms with Crippen molar-refractivity contribution in [3.8, 4) is 0 Å². The molecular formula is C6H12N2O3. The summed E-state index contributed by atoms with van der Waals surface area (Å²) in [4.78, 5) is 21.4. The van der Waals surface area contributed by atoms with Gasteiger partial charge < -0.3 is 9.90 Å². The van der Waals surface area contributed by atoms with E-state index in [-0.39, 0.29) is 19.7 Å². The van der Waals surface area contributed by atoms with Gasteiger partial charge in [0, 0.05) is 13.1 Å². The van der Waals surface area contributed by atoms with Crippen molar-refractivity contribution in [2.45, 2.75) is 0 Å². The summed E-state index contributed by atoms with van der Waals surface area (Å²) < 4.78 is 0. The third-order valence-electron chi connectivity index (χ3n) is 1.26. The van der Waals surface area contributed by atoms with Crippen LogP contribution in [0.1, 0.15) is 0 Å². The van der Waals surface area contributed by atoms with Gasteiger partial charge in [-0.25, -0.2) is 0 Å². The Bertz CT molecular complexity index is 118. The molecule has 0 radical (unpaired) electrons. The smallest absolute Gasteiger partial charge is 0.133 e. The van der Waals surface area contributed by atoms with Crippen molar-refractivity contribution in [1.29, 1.82) is 0 Å². The van der Waals surface area contributed by atoms with Crippen molar-refractivity contribution in [2.75, 3.05) is 32.8 Å². The van der Waals surface area contributed by atoms with Crippen LogP contribution in [0.2, 0.25) is 0 Å². The van der Waals surface area contributed by atoms with Crippen LogP contribution >= 0.6 is 0 Å². The molecule has 0 aliphatic rings. The highest BCUT2D eigenvalue weighted by Crippen LogP contribution is 1.84. The highest BCUT2D eigenvalue weighted by atomic mass is 16.3. The minimum absolute atomic E-state index is 0.00724. The Hall–Kier alpha value is -0.810. The fourth-order valence-electron chi connectivity index (χ4n) is 0.723. The fourth-order valence-corrected chi connectivity index (χ4v) is 0.723. The first kappa shape index (κ1) is 10.2. The number of hydrogen-bond acceptors (Lipinski definition) is 5. The Kier molecular flexibility index (Phi) is 6.76. The zero-order chi connectivity index (χ0) is 8.53. The highest BCUT2D eigenvalue weighted by molar-refractivity contribution is 5.51. The zero-order valence-corrected chi connectivity index (χ0v) is 6.27. The number of nitroso groups, excluding NO2 is 1. The molecule has 0 unspecified atom stereocenters. The molecule has 5 heteroatoms. The lowest BCUT2D eigenvalue weighted by Crippen LogP contribution is -2.31. The summed E-state index contributed by atoms with van der Waals surface area (Å²) in [5.41, 5.74) is 0. The summed E-state index contributed by atoms with van der Waals surface area (Å²) in [5.74, 6) is 0. The molecule has 1 N–H and O–H groups in total. The van der Waals surface area contributed by atoms with Crippen LogP contribution in [0.25, 0.3) is 0 Å². The van der Waals surface area contributed by atoms with Gasteiger partial charge in [0.05, 0.1) is 19.7 Å². The molecule has 0 aromatic carbocycles. The van der Waals surface area contributed by atoms with E-state index in [2.05, 4.69) is 5.18 Å². The third-order valence-corrected chi connectivity index (χ3v) is 1.26. The van der Waals surface area contributed by atoms with Gasteiger partial charge in [0.2, 0.25) is 0 Å². The number of aliphatic hydroxyl groups is 1. The largest absolute Gasteiger partial charge is 0.395 e. The molecule has 11 heavy (non-hydrogen) atoms. The molecule has 0 aromatic rings. The van der Waals surface area contributed by atoms with Crippen molar-refractivity contribution in [3.05, 3.63) is 4.91 Å². The standard InChI is InChI=1S/C6H12N2O3/c9-5-3-8(4-6-10)2-1-7-11/h5,10H,1-4,6H2. The molecule has 0 rings (SSSR count). The van der Waals surface area contributed by atoms with Crippen LogP contribution in [0.5, 0.6) is 0 Å². The quantitative estimate of drug-likeness (QED) is 0.393. The molecule has 0 aliphatic heterocycles. The highest BCUT2D eigenvalue weighted by Gasteiger charge is 2.01. The third kappa shape index (κ3) is 5.63. The predicted octanol–water partition coefficient (Wildman–Crippen LogP) is -0.754. The van der Waals surface area contributed by atoms with Crippen LogP contribution in [0.4, 0.5) is 0 Å². The lowest BCUT2D eigenvalue weighted by Gasteiger charge is -2.15. The molecule has 64 valence electrons. The summed E-state index contributed by atoms with van der Waals surface area (Å²) in [5, 5.41) is 11.1. The first-order valence-corrected chi connectivity index (χ1v) is 3.41. The minimum Gasteiger partial charge on any atom is -0.395 e. The number of hydrogen-bond donors (Lipinski definition) is 1. The summed E-state index contributed by atoms with van der Waals surface area (Å²) in [6.45, 7) is 1.24. The van der Waals surface area contributed by atoms with E-state index in [0.717, 1.165) is 6.29 Å². The molecule has 0 spiro atoms. The Balaban J connectivity index is 3.49. The Morgan fingerprint density at radius 3 is 2.64 bits per heavy atom. The van der Waals surface area contributed by atoms with E-state index in [1.54, 1.807) is 4.90 Å². The summed E-state index contributed by atoms with van der Waals surface area (Å²) in [6, 6.07) is 0. The predicted molar refractivity (Wildman–Crippen MR) is 40.3 cm³/mol. The van der Waals surface area contributed by atoms with Crippen LogP contribution < -0.4 is 0 Å².